The van der Waals surface area contributed by atoms with E-state index in [2.05, 4.69) is 4.98 Å². The van der Waals surface area contributed by atoms with Crippen LogP contribution in [0.2, 0.25) is 15.1 Å². The number of nitrogens with zero attached hydrogens (tertiary/aromatic N) is 3. The Balaban J connectivity index is 1.72. The highest BCUT2D eigenvalue weighted by molar-refractivity contribution is 6.36. The molecule has 4 aromatic rings. The summed E-state index contributed by atoms with van der Waals surface area (Å²) in [4.78, 5) is 35.0. The lowest BCUT2D eigenvalue weighted by Gasteiger charge is -2.21. The first-order valence-corrected chi connectivity index (χ1v) is 11.7. The molecule has 2 heterocycles. The van der Waals surface area contributed by atoms with Crippen molar-refractivity contribution in [2.45, 2.75) is 12.5 Å². The van der Waals surface area contributed by atoms with Crippen LogP contribution in [0.1, 0.15) is 16.7 Å². The number of aromatic amines is 1. The average Bonchev–Trinajstić information content (AvgIpc) is 3.05. The molecule has 0 fully saturated rings. The quantitative estimate of drug-likeness (QED) is 0.406. The largest absolute Gasteiger partial charge is 0.326 e. The van der Waals surface area contributed by atoms with Crippen molar-refractivity contribution in [3.8, 4) is 0 Å². The number of fused-ring (bicyclic) bond motifs is 2. The monoisotopic (exact) mass is 512 g/mol. The highest BCUT2D eigenvalue weighted by atomic mass is 35.5. The molecule has 34 heavy (non-hydrogen) atoms. The molecule has 1 N–H and O–H groups in total. The summed E-state index contributed by atoms with van der Waals surface area (Å²) in [6.07, 6.45) is 0.233. The molecule has 0 aliphatic carbocycles. The summed E-state index contributed by atoms with van der Waals surface area (Å²) in [6, 6.07) is 15.4. The summed E-state index contributed by atoms with van der Waals surface area (Å²) in [5, 5.41) is 1.48. The Labute approximate surface area is 210 Å². The Bertz CT molecular complexity index is 1530. The number of anilines is 1. The molecule has 5 rings (SSSR count). The molecule has 1 unspecified atom stereocenters. The Hall–Kier alpha value is -3.06. The van der Waals surface area contributed by atoms with E-state index in [1.807, 2.05) is 18.2 Å². The van der Waals surface area contributed by atoms with Crippen molar-refractivity contribution in [3.63, 3.8) is 0 Å². The third kappa shape index (κ3) is 3.82. The lowest BCUT2D eigenvalue weighted by atomic mass is 9.99. The van der Waals surface area contributed by atoms with Crippen LogP contribution in [0.5, 0.6) is 0 Å². The van der Waals surface area contributed by atoms with E-state index in [-0.39, 0.29) is 18.0 Å². The second-order valence-corrected chi connectivity index (χ2v) is 9.43. The van der Waals surface area contributed by atoms with E-state index in [4.69, 9.17) is 39.8 Å². The fraction of sp³-hybridized carbons (Fsp3) is 0.160. The molecule has 1 aliphatic rings. The number of carbonyl (C=O) groups excluding carboxylic acids is 1. The van der Waals surface area contributed by atoms with E-state index in [0.717, 1.165) is 11.1 Å². The molecule has 0 saturated carbocycles. The van der Waals surface area contributed by atoms with Gasteiger partial charge in [0.1, 0.15) is 6.04 Å². The first-order chi connectivity index (χ1) is 16.2. The van der Waals surface area contributed by atoms with Crippen LogP contribution in [0.4, 0.5) is 5.69 Å². The molecule has 1 aliphatic heterocycles. The molecule has 3 aromatic carbocycles. The number of carbonyl (C=O) groups is 1. The highest BCUT2D eigenvalue weighted by Gasteiger charge is 2.31. The van der Waals surface area contributed by atoms with Crippen molar-refractivity contribution in [1.29, 1.82) is 0 Å². The maximum atomic E-state index is 13.5. The van der Waals surface area contributed by atoms with Gasteiger partial charge in [-0.3, -0.25) is 14.4 Å². The van der Waals surface area contributed by atoms with Crippen LogP contribution >= 0.6 is 34.8 Å². The minimum atomic E-state index is -0.769. The predicted octanol–water partition coefficient (Wildman–Crippen LogP) is 5.25. The molecule has 172 valence electrons. The standard InChI is InChI=1S/C25H19Cl3N4O2/c1-31-21-9-7-14(26)11-16(21)23(13-6-8-22-19(10-13)30-25(34)32(22)2)29-20(24(31)33)12-15-17(27)4-3-5-18(15)28/h3-11,20H,12H2,1-2H3,(H,30,34). The second kappa shape index (κ2) is 8.62. The number of aliphatic imine (C=N–C) groups is 1. The van der Waals surface area contributed by atoms with Crippen LogP contribution in [0.25, 0.3) is 11.0 Å². The molecule has 1 amide bonds. The number of imidazole rings is 1. The number of rotatable bonds is 3. The Kier molecular flexibility index (Phi) is 5.76. The van der Waals surface area contributed by atoms with E-state index in [1.165, 1.54) is 0 Å². The zero-order valence-electron chi connectivity index (χ0n) is 18.3. The van der Waals surface area contributed by atoms with Crippen molar-refractivity contribution < 1.29 is 4.79 Å². The molecule has 6 nitrogen and oxygen atoms in total. The van der Waals surface area contributed by atoms with Gasteiger partial charge in [0.05, 0.1) is 22.4 Å². The van der Waals surface area contributed by atoms with Crippen molar-refractivity contribution in [2.75, 3.05) is 11.9 Å². The summed E-state index contributed by atoms with van der Waals surface area (Å²) >= 11 is 19.2. The van der Waals surface area contributed by atoms with Crippen LogP contribution < -0.4 is 10.6 Å². The van der Waals surface area contributed by atoms with Crippen molar-refractivity contribution in [1.82, 2.24) is 9.55 Å². The zero-order chi connectivity index (χ0) is 24.1. The molecular weight excluding hydrogens is 495 g/mol. The van der Waals surface area contributed by atoms with Gasteiger partial charge in [-0.1, -0.05) is 46.9 Å². The molecule has 0 radical (unpaired) electrons. The fourth-order valence-electron chi connectivity index (χ4n) is 4.28. The Morgan fingerprint density at radius 1 is 0.971 bits per heavy atom. The maximum Gasteiger partial charge on any atom is 0.326 e. The molecule has 9 heteroatoms. The van der Waals surface area contributed by atoms with Gasteiger partial charge in [-0.15, -0.1) is 0 Å². The molecule has 1 atom stereocenters. The Morgan fingerprint density at radius 3 is 2.44 bits per heavy atom. The second-order valence-electron chi connectivity index (χ2n) is 8.18. The number of hydrogen-bond donors (Lipinski definition) is 1. The lowest BCUT2D eigenvalue weighted by molar-refractivity contribution is -0.119. The average molecular weight is 514 g/mol. The summed E-state index contributed by atoms with van der Waals surface area (Å²) in [5.41, 5.74) is 4.63. The van der Waals surface area contributed by atoms with Crippen molar-refractivity contribution in [2.24, 2.45) is 12.0 Å². The van der Waals surface area contributed by atoms with Crippen LogP contribution in [0.3, 0.4) is 0 Å². The highest BCUT2D eigenvalue weighted by Crippen LogP contribution is 2.33. The number of benzene rings is 3. The maximum absolute atomic E-state index is 13.5. The number of nitrogens with one attached hydrogen (secondary N) is 1. The smallest absolute Gasteiger partial charge is 0.313 e. The van der Waals surface area contributed by atoms with E-state index in [1.54, 1.807) is 60.0 Å². The van der Waals surface area contributed by atoms with Crippen LogP contribution in [-0.2, 0) is 18.3 Å². The van der Waals surface area contributed by atoms with Crippen molar-refractivity contribution >= 4 is 63.1 Å². The van der Waals surface area contributed by atoms with Gasteiger partial charge in [-0.05, 0) is 48.0 Å². The van der Waals surface area contributed by atoms with E-state index < -0.39 is 6.04 Å². The zero-order valence-corrected chi connectivity index (χ0v) is 20.5. The van der Waals surface area contributed by atoms with Gasteiger partial charge in [0.25, 0.3) is 5.91 Å². The Morgan fingerprint density at radius 2 is 1.71 bits per heavy atom. The SMILES string of the molecule is CN1C(=O)C(Cc2c(Cl)cccc2Cl)N=C(c2ccc3c(c2)[nH]c(=O)n3C)c2cc(Cl)ccc21. The summed E-state index contributed by atoms with van der Waals surface area (Å²) in [5.74, 6) is -0.191. The fourth-order valence-corrected chi connectivity index (χ4v) is 5.01. The van der Waals surface area contributed by atoms with Gasteiger partial charge in [0.15, 0.2) is 0 Å². The normalized spacial score (nSPS) is 15.9. The number of benzodiazepines with no additional fused rings is 1. The number of H-pyrrole nitrogens is 1. The third-order valence-corrected chi connectivity index (χ3v) is 7.06. The van der Waals surface area contributed by atoms with Gasteiger partial charge in [0.2, 0.25) is 0 Å². The summed E-state index contributed by atoms with van der Waals surface area (Å²) < 4.78 is 1.54. The molecule has 0 saturated heterocycles. The minimum absolute atomic E-state index is 0.191. The number of amides is 1. The third-order valence-electron chi connectivity index (χ3n) is 6.11. The number of halogens is 3. The van der Waals surface area contributed by atoms with Crippen LogP contribution in [0.15, 0.2) is 64.4 Å². The van der Waals surface area contributed by atoms with E-state index >= 15 is 0 Å². The molecule has 0 spiro atoms. The number of hydrogen-bond acceptors (Lipinski definition) is 3. The van der Waals surface area contributed by atoms with Gasteiger partial charge in [-0.25, -0.2) is 4.79 Å². The predicted molar refractivity (Wildman–Crippen MR) is 138 cm³/mol. The number of aromatic nitrogens is 2. The number of aryl methyl sites for hydroxylation is 1. The van der Waals surface area contributed by atoms with Crippen LogP contribution in [0, 0.1) is 0 Å². The number of likely N-dealkylation sites (N-methyl/N-ethyl adjacent to an activating group) is 1. The first kappa shape index (κ1) is 22.7. The van der Waals surface area contributed by atoms with E-state index in [0.29, 0.717) is 43.1 Å². The summed E-state index contributed by atoms with van der Waals surface area (Å²) in [7, 11) is 3.42. The minimum Gasteiger partial charge on any atom is -0.313 e. The van der Waals surface area contributed by atoms with Gasteiger partial charge in [0, 0.05) is 46.7 Å². The van der Waals surface area contributed by atoms with Crippen LogP contribution in [-0.4, -0.2) is 34.3 Å². The topological polar surface area (TPSA) is 70.5 Å². The van der Waals surface area contributed by atoms with Gasteiger partial charge in [-0.2, -0.15) is 0 Å². The van der Waals surface area contributed by atoms with E-state index in [9.17, 15) is 9.59 Å². The molecular formula is C25H19Cl3N4O2. The molecule has 1 aromatic heterocycles. The van der Waals surface area contributed by atoms with Gasteiger partial charge >= 0.3 is 5.69 Å². The summed E-state index contributed by atoms with van der Waals surface area (Å²) in [6.45, 7) is 0. The van der Waals surface area contributed by atoms with Gasteiger partial charge < -0.3 is 9.88 Å². The molecule has 0 bridgehead atoms. The lowest BCUT2D eigenvalue weighted by Crippen LogP contribution is -2.36. The van der Waals surface area contributed by atoms with Crippen molar-refractivity contribution in [3.05, 3.63) is 96.8 Å². The first-order valence-electron chi connectivity index (χ1n) is 10.5.